The molecule has 25 heavy (non-hydrogen) atoms. The topological polar surface area (TPSA) is 83.7 Å². The van der Waals surface area contributed by atoms with Crippen molar-refractivity contribution >= 4 is 16.9 Å². The minimum atomic E-state index is -0.228. The molecule has 0 fully saturated rings. The second-order valence-corrected chi connectivity index (χ2v) is 5.96. The number of benzene rings is 2. The number of rotatable bonds is 4. The van der Waals surface area contributed by atoms with Gasteiger partial charge in [0.2, 0.25) is 11.9 Å². The largest absolute Gasteiger partial charge is 0.496 e. The molecule has 0 saturated heterocycles. The Kier molecular flexibility index (Phi) is 4.02. The van der Waals surface area contributed by atoms with E-state index in [9.17, 15) is 4.79 Å². The molecule has 3 aromatic rings. The van der Waals surface area contributed by atoms with Gasteiger partial charge in [0.15, 0.2) is 11.5 Å². The zero-order chi connectivity index (χ0) is 17.2. The van der Waals surface area contributed by atoms with Gasteiger partial charge in [0.05, 0.1) is 12.7 Å². The molecule has 0 unspecified atom stereocenters. The Balaban J connectivity index is 1.54. The molecule has 0 amide bonds. The molecular weight excluding hydrogens is 344 g/mol. The number of hydrogen-bond acceptors (Lipinski definition) is 8. The number of aromatic nitrogens is 2. The van der Waals surface area contributed by atoms with Gasteiger partial charge in [-0.25, -0.2) is 0 Å². The van der Waals surface area contributed by atoms with Crippen molar-refractivity contribution in [2.24, 2.45) is 0 Å². The molecule has 2 aromatic carbocycles. The third-order valence-corrected chi connectivity index (χ3v) is 4.29. The van der Waals surface area contributed by atoms with Crippen LogP contribution in [0.15, 0.2) is 52.1 Å². The molecule has 0 saturated carbocycles. The summed E-state index contributed by atoms with van der Waals surface area (Å²) < 4.78 is 21.4. The fourth-order valence-corrected chi connectivity index (χ4v) is 2.95. The lowest BCUT2D eigenvalue weighted by molar-refractivity contribution is 0.108. The maximum atomic E-state index is 12.4. The Morgan fingerprint density at radius 1 is 1.12 bits per heavy atom. The number of hydrogen-bond donors (Lipinski definition) is 0. The van der Waals surface area contributed by atoms with Gasteiger partial charge in [-0.1, -0.05) is 12.1 Å². The molecule has 7 nitrogen and oxygen atoms in total. The van der Waals surface area contributed by atoms with Gasteiger partial charge in [-0.2, -0.15) is 0 Å². The summed E-state index contributed by atoms with van der Waals surface area (Å²) in [5, 5.41) is 7.83. The lowest BCUT2D eigenvalue weighted by Crippen LogP contribution is -1.94. The number of carbonyl (C=O) groups is 1. The van der Waals surface area contributed by atoms with Gasteiger partial charge < -0.3 is 18.6 Å². The third kappa shape index (κ3) is 3.03. The highest BCUT2D eigenvalue weighted by molar-refractivity contribution is 8.14. The highest BCUT2D eigenvalue weighted by Gasteiger charge is 2.20. The van der Waals surface area contributed by atoms with E-state index in [-0.39, 0.29) is 17.1 Å². The lowest BCUT2D eigenvalue weighted by Gasteiger charge is -2.03. The van der Waals surface area contributed by atoms with Crippen molar-refractivity contribution in [1.82, 2.24) is 10.2 Å². The Morgan fingerprint density at radius 2 is 1.96 bits per heavy atom. The van der Waals surface area contributed by atoms with E-state index in [1.54, 1.807) is 37.4 Å². The maximum Gasteiger partial charge on any atom is 0.284 e. The molecule has 2 heterocycles. The van der Waals surface area contributed by atoms with Gasteiger partial charge in [-0.05, 0) is 30.3 Å². The van der Waals surface area contributed by atoms with Crippen LogP contribution in [0.2, 0.25) is 0 Å². The molecular formula is C17H12N2O5S. The standard InChI is InChI=1S/C17H12N2O5S/c1-21-12-5-3-2-4-11(12)15-18-19-17(24-15)25-16(20)10-6-7-13-14(8-10)23-9-22-13/h2-8H,9H2,1H3. The van der Waals surface area contributed by atoms with Gasteiger partial charge in [-0.3, -0.25) is 4.79 Å². The van der Waals surface area contributed by atoms with E-state index in [2.05, 4.69) is 10.2 Å². The fourth-order valence-electron chi connectivity index (χ4n) is 2.34. The summed E-state index contributed by atoms with van der Waals surface area (Å²) in [6, 6.07) is 12.3. The summed E-state index contributed by atoms with van der Waals surface area (Å²) in [6.45, 7) is 0.159. The first-order valence-corrected chi connectivity index (χ1v) is 8.15. The molecule has 1 aliphatic heterocycles. The lowest BCUT2D eigenvalue weighted by atomic mass is 10.2. The van der Waals surface area contributed by atoms with Gasteiger partial charge in [0.25, 0.3) is 11.1 Å². The van der Waals surface area contributed by atoms with Crippen LogP contribution in [0.5, 0.6) is 17.2 Å². The van der Waals surface area contributed by atoms with E-state index >= 15 is 0 Å². The van der Waals surface area contributed by atoms with E-state index < -0.39 is 0 Å². The zero-order valence-corrected chi connectivity index (χ0v) is 13.9. The van der Waals surface area contributed by atoms with Crippen LogP contribution in [-0.2, 0) is 0 Å². The summed E-state index contributed by atoms with van der Waals surface area (Å²) in [6.07, 6.45) is 0. The first-order valence-electron chi connectivity index (χ1n) is 7.33. The van der Waals surface area contributed by atoms with Gasteiger partial charge in [0, 0.05) is 17.3 Å². The monoisotopic (exact) mass is 356 g/mol. The third-order valence-electron chi connectivity index (χ3n) is 3.53. The van der Waals surface area contributed by atoms with Gasteiger partial charge >= 0.3 is 0 Å². The second kappa shape index (κ2) is 6.48. The molecule has 0 aliphatic carbocycles. The van der Waals surface area contributed by atoms with E-state index in [0.29, 0.717) is 34.3 Å². The van der Waals surface area contributed by atoms with E-state index in [1.807, 2.05) is 12.1 Å². The average Bonchev–Trinajstić information content (AvgIpc) is 3.30. The summed E-state index contributed by atoms with van der Waals surface area (Å²) >= 11 is 0.855. The molecule has 0 N–H and O–H groups in total. The highest BCUT2D eigenvalue weighted by Crippen LogP contribution is 2.35. The van der Waals surface area contributed by atoms with Crippen LogP contribution in [0.4, 0.5) is 0 Å². The van der Waals surface area contributed by atoms with Crippen molar-refractivity contribution in [3.8, 4) is 28.7 Å². The zero-order valence-electron chi connectivity index (χ0n) is 13.1. The highest BCUT2D eigenvalue weighted by atomic mass is 32.2. The van der Waals surface area contributed by atoms with Crippen LogP contribution < -0.4 is 14.2 Å². The fraction of sp³-hybridized carbons (Fsp3) is 0.118. The van der Waals surface area contributed by atoms with Crippen LogP contribution in [0.3, 0.4) is 0 Å². The van der Waals surface area contributed by atoms with Crippen molar-refractivity contribution in [1.29, 1.82) is 0 Å². The molecule has 0 radical (unpaired) electrons. The average molecular weight is 356 g/mol. The van der Waals surface area contributed by atoms with Crippen molar-refractivity contribution < 1.29 is 23.4 Å². The molecule has 0 bridgehead atoms. The Morgan fingerprint density at radius 3 is 2.84 bits per heavy atom. The van der Waals surface area contributed by atoms with Crippen LogP contribution in [0, 0.1) is 0 Å². The van der Waals surface area contributed by atoms with Crippen LogP contribution >= 0.6 is 11.8 Å². The Hall–Kier alpha value is -3.00. The molecule has 4 rings (SSSR count). The predicted molar refractivity (Wildman–Crippen MR) is 89.0 cm³/mol. The number of thioether (sulfide) groups is 1. The number of nitrogens with zero attached hydrogens (tertiary/aromatic N) is 2. The van der Waals surface area contributed by atoms with Crippen molar-refractivity contribution in [3.05, 3.63) is 48.0 Å². The number of methoxy groups -OCH3 is 1. The number of carbonyl (C=O) groups excluding carboxylic acids is 1. The maximum absolute atomic E-state index is 12.4. The van der Waals surface area contributed by atoms with Gasteiger partial charge in [0.1, 0.15) is 5.75 Å². The molecule has 1 aromatic heterocycles. The van der Waals surface area contributed by atoms with Crippen LogP contribution in [0.25, 0.3) is 11.5 Å². The predicted octanol–water partition coefficient (Wildman–Crippen LogP) is 3.41. The summed E-state index contributed by atoms with van der Waals surface area (Å²) in [7, 11) is 1.56. The summed E-state index contributed by atoms with van der Waals surface area (Å²) in [4.78, 5) is 12.4. The normalized spacial score (nSPS) is 12.2. The summed E-state index contributed by atoms with van der Waals surface area (Å²) in [5.41, 5.74) is 1.13. The second-order valence-electron chi connectivity index (χ2n) is 5.03. The molecule has 126 valence electrons. The number of fused-ring (bicyclic) bond motifs is 1. The number of para-hydroxylation sites is 1. The van der Waals surface area contributed by atoms with Crippen molar-refractivity contribution in [2.45, 2.75) is 5.22 Å². The summed E-state index contributed by atoms with van der Waals surface area (Å²) in [5.74, 6) is 2.08. The van der Waals surface area contributed by atoms with Crippen molar-refractivity contribution in [3.63, 3.8) is 0 Å². The number of ether oxygens (including phenoxy) is 3. The van der Waals surface area contributed by atoms with Crippen LogP contribution in [-0.4, -0.2) is 29.2 Å². The SMILES string of the molecule is COc1ccccc1-c1nnc(SC(=O)c2ccc3c(c2)OCO3)o1. The van der Waals surface area contributed by atoms with Gasteiger partial charge in [-0.15, -0.1) is 10.2 Å². The van der Waals surface area contributed by atoms with E-state index in [1.165, 1.54) is 0 Å². The first-order chi connectivity index (χ1) is 12.2. The molecule has 0 atom stereocenters. The quantitative estimate of drug-likeness (QED) is 0.658. The Bertz CT molecular complexity index is 940. The smallest absolute Gasteiger partial charge is 0.284 e. The molecule has 8 heteroatoms. The molecule has 0 spiro atoms. The minimum Gasteiger partial charge on any atom is -0.496 e. The van der Waals surface area contributed by atoms with Crippen LogP contribution in [0.1, 0.15) is 10.4 Å². The van der Waals surface area contributed by atoms with E-state index in [0.717, 1.165) is 11.8 Å². The minimum absolute atomic E-state index is 0.156. The Labute approximate surface area is 146 Å². The van der Waals surface area contributed by atoms with E-state index in [4.69, 9.17) is 18.6 Å². The first kappa shape index (κ1) is 15.5. The van der Waals surface area contributed by atoms with Crippen molar-refractivity contribution in [2.75, 3.05) is 13.9 Å². The molecule has 1 aliphatic rings.